The molecule has 1 heterocycles. The molecule has 1 nitrogen and oxygen atoms in total. The highest BCUT2D eigenvalue weighted by molar-refractivity contribution is 9.09. The van der Waals surface area contributed by atoms with E-state index >= 15 is 0 Å². The molecule has 0 aromatic carbocycles. The fourth-order valence-corrected chi connectivity index (χ4v) is 2.29. The quantitative estimate of drug-likeness (QED) is 0.513. The van der Waals surface area contributed by atoms with E-state index in [1.165, 1.54) is 12.8 Å². The molecule has 0 bridgehead atoms. The molecule has 0 N–H and O–H groups in total. The van der Waals surface area contributed by atoms with E-state index in [-0.39, 0.29) is 0 Å². The van der Waals surface area contributed by atoms with E-state index in [0.29, 0.717) is 6.10 Å². The lowest BCUT2D eigenvalue weighted by molar-refractivity contribution is 0.341. The minimum absolute atomic E-state index is 0.607. The van der Waals surface area contributed by atoms with Crippen LogP contribution in [0, 0.1) is 11.8 Å². The van der Waals surface area contributed by atoms with Crippen LogP contribution in [0.25, 0.3) is 0 Å². The molecule has 11 heavy (non-hydrogen) atoms. The van der Waals surface area contributed by atoms with Crippen molar-refractivity contribution in [2.75, 3.05) is 11.9 Å². The zero-order chi connectivity index (χ0) is 8.27. The number of alkyl halides is 1. The zero-order valence-electron chi connectivity index (χ0n) is 7.35. The minimum atomic E-state index is 0.607. The standard InChI is InChI=1S/C9H17BrO/c1-7(2)8(5-10)3-4-9-6-11-9/h7-9H,3-6H2,1-2H3. The van der Waals surface area contributed by atoms with Crippen LogP contribution in [0.1, 0.15) is 26.7 Å². The first-order valence-corrected chi connectivity index (χ1v) is 5.53. The van der Waals surface area contributed by atoms with Gasteiger partial charge in [0.1, 0.15) is 0 Å². The molecule has 0 spiro atoms. The average Bonchev–Trinajstić information content (AvgIpc) is 2.72. The molecule has 0 radical (unpaired) electrons. The predicted octanol–water partition coefficient (Wildman–Crippen LogP) is 2.83. The van der Waals surface area contributed by atoms with Gasteiger partial charge in [-0.15, -0.1) is 0 Å². The van der Waals surface area contributed by atoms with Gasteiger partial charge in [0.05, 0.1) is 12.7 Å². The Balaban J connectivity index is 2.08. The predicted molar refractivity (Wildman–Crippen MR) is 51.1 cm³/mol. The van der Waals surface area contributed by atoms with Crippen molar-refractivity contribution in [2.45, 2.75) is 32.8 Å². The summed E-state index contributed by atoms with van der Waals surface area (Å²) in [7, 11) is 0. The van der Waals surface area contributed by atoms with E-state index in [1.807, 2.05) is 0 Å². The van der Waals surface area contributed by atoms with Crippen LogP contribution in [0.2, 0.25) is 0 Å². The van der Waals surface area contributed by atoms with E-state index in [2.05, 4.69) is 29.8 Å². The monoisotopic (exact) mass is 220 g/mol. The second-order valence-electron chi connectivity index (χ2n) is 3.69. The average molecular weight is 221 g/mol. The maximum Gasteiger partial charge on any atom is 0.0810 e. The smallest absolute Gasteiger partial charge is 0.0810 e. The normalized spacial score (nSPS) is 25.6. The van der Waals surface area contributed by atoms with Crippen LogP contribution in [0.3, 0.4) is 0 Å². The molecule has 1 aliphatic heterocycles. The summed E-state index contributed by atoms with van der Waals surface area (Å²) in [6.45, 7) is 5.59. The molecule has 0 aliphatic carbocycles. The molecule has 0 aromatic rings. The van der Waals surface area contributed by atoms with E-state index < -0.39 is 0 Å². The molecule has 2 unspecified atom stereocenters. The summed E-state index contributed by atoms with van der Waals surface area (Å²) in [6, 6.07) is 0. The van der Waals surface area contributed by atoms with Crippen molar-refractivity contribution >= 4 is 15.9 Å². The largest absolute Gasteiger partial charge is 0.373 e. The maximum atomic E-state index is 5.17. The molecule has 0 amide bonds. The first-order valence-electron chi connectivity index (χ1n) is 4.41. The molecule has 2 heteroatoms. The molecule has 66 valence electrons. The van der Waals surface area contributed by atoms with Gasteiger partial charge in [0.15, 0.2) is 0 Å². The van der Waals surface area contributed by atoms with Gasteiger partial charge in [0.2, 0.25) is 0 Å². The Morgan fingerprint density at radius 2 is 2.18 bits per heavy atom. The van der Waals surface area contributed by atoms with Gasteiger partial charge in [-0.2, -0.15) is 0 Å². The van der Waals surface area contributed by atoms with Crippen molar-refractivity contribution in [3.8, 4) is 0 Å². The number of rotatable bonds is 5. The van der Waals surface area contributed by atoms with Gasteiger partial charge in [0, 0.05) is 5.33 Å². The number of hydrogen-bond donors (Lipinski definition) is 0. The third kappa shape index (κ3) is 3.57. The van der Waals surface area contributed by atoms with Crippen molar-refractivity contribution < 1.29 is 4.74 Å². The van der Waals surface area contributed by atoms with E-state index in [9.17, 15) is 0 Å². The van der Waals surface area contributed by atoms with E-state index in [4.69, 9.17) is 4.74 Å². The third-order valence-electron chi connectivity index (χ3n) is 2.40. The van der Waals surface area contributed by atoms with Gasteiger partial charge >= 0.3 is 0 Å². The van der Waals surface area contributed by atoms with Crippen molar-refractivity contribution in [3.05, 3.63) is 0 Å². The highest BCUT2D eigenvalue weighted by Crippen LogP contribution is 2.24. The van der Waals surface area contributed by atoms with Crippen molar-refractivity contribution in [2.24, 2.45) is 11.8 Å². The highest BCUT2D eigenvalue weighted by Gasteiger charge is 2.24. The lowest BCUT2D eigenvalue weighted by atomic mass is 9.93. The van der Waals surface area contributed by atoms with E-state index in [0.717, 1.165) is 23.8 Å². The minimum Gasteiger partial charge on any atom is -0.373 e. The SMILES string of the molecule is CC(C)C(CBr)CCC1CO1. The van der Waals surface area contributed by atoms with Crippen LogP contribution in [-0.4, -0.2) is 18.0 Å². The Labute approximate surface area is 77.6 Å². The Kier molecular flexibility index (Phi) is 3.86. The highest BCUT2D eigenvalue weighted by atomic mass is 79.9. The summed E-state index contributed by atoms with van der Waals surface area (Å²) in [5.74, 6) is 1.63. The van der Waals surface area contributed by atoms with Crippen LogP contribution in [-0.2, 0) is 4.74 Å². The summed E-state index contributed by atoms with van der Waals surface area (Å²) in [4.78, 5) is 0. The van der Waals surface area contributed by atoms with Crippen molar-refractivity contribution in [1.29, 1.82) is 0 Å². The first-order chi connectivity index (χ1) is 5.24. The fourth-order valence-electron chi connectivity index (χ4n) is 1.22. The molecular formula is C9H17BrO. The molecule has 1 saturated heterocycles. The second kappa shape index (κ2) is 4.46. The van der Waals surface area contributed by atoms with Crippen LogP contribution in [0.4, 0.5) is 0 Å². The summed E-state index contributed by atoms with van der Waals surface area (Å²) in [5.41, 5.74) is 0. The van der Waals surface area contributed by atoms with Crippen LogP contribution < -0.4 is 0 Å². The summed E-state index contributed by atoms with van der Waals surface area (Å²) in [6.07, 6.45) is 3.18. The van der Waals surface area contributed by atoms with Gasteiger partial charge in [-0.25, -0.2) is 0 Å². The molecule has 1 rings (SSSR count). The Morgan fingerprint density at radius 1 is 1.55 bits per heavy atom. The van der Waals surface area contributed by atoms with Gasteiger partial charge < -0.3 is 4.74 Å². The van der Waals surface area contributed by atoms with Gasteiger partial charge in [-0.1, -0.05) is 29.8 Å². The van der Waals surface area contributed by atoms with Crippen molar-refractivity contribution in [3.63, 3.8) is 0 Å². The number of hydrogen-bond acceptors (Lipinski definition) is 1. The Bertz CT molecular complexity index is 110. The summed E-state index contributed by atoms with van der Waals surface area (Å²) < 4.78 is 5.17. The Morgan fingerprint density at radius 3 is 2.55 bits per heavy atom. The zero-order valence-corrected chi connectivity index (χ0v) is 8.93. The maximum absolute atomic E-state index is 5.17. The molecule has 1 fully saturated rings. The lowest BCUT2D eigenvalue weighted by Crippen LogP contribution is -2.10. The lowest BCUT2D eigenvalue weighted by Gasteiger charge is -2.16. The van der Waals surface area contributed by atoms with Gasteiger partial charge in [-0.3, -0.25) is 0 Å². The molecule has 0 saturated carbocycles. The molecule has 1 aliphatic rings. The van der Waals surface area contributed by atoms with Crippen LogP contribution in [0.5, 0.6) is 0 Å². The topological polar surface area (TPSA) is 12.5 Å². The number of ether oxygens (including phenoxy) is 1. The summed E-state index contributed by atoms with van der Waals surface area (Å²) >= 11 is 3.55. The van der Waals surface area contributed by atoms with Crippen molar-refractivity contribution in [1.82, 2.24) is 0 Å². The molecule has 0 aromatic heterocycles. The van der Waals surface area contributed by atoms with Gasteiger partial charge in [0.25, 0.3) is 0 Å². The third-order valence-corrected chi connectivity index (χ3v) is 3.23. The molecule has 2 atom stereocenters. The fraction of sp³-hybridized carbons (Fsp3) is 1.00. The summed E-state index contributed by atoms with van der Waals surface area (Å²) in [5, 5.41) is 1.14. The van der Waals surface area contributed by atoms with Crippen LogP contribution >= 0.6 is 15.9 Å². The number of halogens is 1. The molecular weight excluding hydrogens is 204 g/mol. The first kappa shape index (κ1) is 9.53. The second-order valence-corrected chi connectivity index (χ2v) is 4.34. The Hall–Kier alpha value is 0.440. The number of epoxide rings is 1. The van der Waals surface area contributed by atoms with Gasteiger partial charge in [-0.05, 0) is 24.7 Å². The van der Waals surface area contributed by atoms with Crippen LogP contribution in [0.15, 0.2) is 0 Å². The van der Waals surface area contributed by atoms with E-state index in [1.54, 1.807) is 0 Å².